The van der Waals surface area contributed by atoms with Gasteiger partial charge >= 0.3 is 0 Å². The molecule has 0 spiro atoms. The van der Waals surface area contributed by atoms with Crippen LogP contribution in [0.4, 0.5) is 0 Å². The van der Waals surface area contributed by atoms with Crippen molar-refractivity contribution >= 4 is 5.78 Å². The van der Waals surface area contributed by atoms with Gasteiger partial charge in [0.1, 0.15) is 0 Å². The third-order valence-electron chi connectivity index (χ3n) is 3.22. The topological polar surface area (TPSA) is 17.1 Å². The molecule has 1 rings (SSSR count). The summed E-state index contributed by atoms with van der Waals surface area (Å²) < 4.78 is 0. The Morgan fingerprint density at radius 3 is 2.46 bits per heavy atom. The van der Waals surface area contributed by atoms with Crippen molar-refractivity contribution in [3.8, 4) is 0 Å². The smallest absolute Gasteiger partial charge is 0.158 e. The molecule has 0 aromatic rings. The second kappa shape index (κ2) is 4.59. The standard InChI is InChI=1S/C12H20O/c1-4-9-7-10(5-2)11(6-3)12(13)8-9/h8,10-11H,4-7H2,1-3H3/t10-,11?/m0/s1. The van der Waals surface area contributed by atoms with Gasteiger partial charge < -0.3 is 0 Å². The van der Waals surface area contributed by atoms with E-state index in [0.717, 1.165) is 25.7 Å². The Hall–Kier alpha value is -0.590. The fourth-order valence-corrected chi connectivity index (χ4v) is 2.29. The number of allylic oxidation sites excluding steroid dienone is 2. The Labute approximate surface area is 81.2 Å². The van der Waals surface area contributed by atoms with Crippen LogP contribution in [0.5, 0.6) is 0 Å². The van der Waals surface area contributed by atoms with Gasteiger partial charge in [-0.05, 0) is 31.3 Å². The number of hydrogen-bond acceptors (Lipinski definition) is 1. The molecule has 1 aliphatic rings. The summed E-state index contributed by atoms with van der Waals surface area (Å²) in [5.74, 6) is 1.29. The van der Waals surface area contributed by atoms with E-state index < -0.39 is 0 Å². The number of rotatable bonds is 3. The van der Waals surface area contributed by atoms with E-state index in [0.29, 0.717) is 17.6 Å². The predicted molar refractivity (Wildman–Crippen MR) is 55.6 cm³/mol. The van der Waals surface area contributed by atoms with Gasteiger partial charge in [-0.2, -0.15) is 0 Å². The van der Waals surface area contributed by atoms with Gasteiger partial charge in [0.05, 0.1) is 0 Å². The molecule has 0 fully saturated rings. The Kier molecular flexibility index (Phi) is 3.71. The van der Waals surface area contributed by atoms with Gasteiger partial charge in [0.25, 0.3) is 0 Å². The highest BCUT2D eigenvalue weighted by Crippen LogP contribution is 2.32. The number of carbonyl (C=O) groups is 1. The normalized spacial score (nSPS) is 28.8. The highest BCUT2D eigenvalue weighted by Gasteiger charge is 2.28. The van der Waals surface area contributed by atoms with Crippen LogP contribution in [0.25, 0.3) is 0 Å². The summed E-state index contributed by atoms with van der Waals surface area (Å²) in [6.07, 6.45) is 6.22. The van der Waals surface area contributed by atoms with E-state index in [2.05, 4.69) is 20.8 Å². The monoisotopic (exact) mass is 180 g/mol. The number of ketones is 1. The molecule has 0 aliphatic heterocycles. The molecule has 0 heterocycles. The lowest BCUT2D eigenvalue weighted by Crippen LogP contribution is -2.26. The lowest BCUT2D eigenvalue weighted by molar-refractivity contribution is -0.120. The molecule has 13 heavy (non-hydrogen) atoms. The molecule has 1 aliphatic carbocycles. The van der Waals surface area contributed by atoms with Crippen LogP contribution in [0.1, 0.15) is 46.5 Å². The zero-order valence-corrected chi connectivity index (χ0v) is 8.97. The van der Waals surface area contributed by atoms with Crippen LogP contribution in [-0.2, 0) is 4.79 Å². The van der Waals surface area contributed by atoms with E-state index in [1.807, 2.05) is 6.08 Å². The average Bonchev–Trinajstić information content (AvgIpc) is 2.16. The van der Waals surface area contributed by atoms with Crippen molar-refractivity contribution in [2.24, 2.45) is 11.8 Å². The minimum absolute atomic E-state index is 0.306. The van der Waals surface area contributed by atoms with E-state index in [9.17, 15) is 4.79 Å². The highest BCUT2D eigenvalue weighted by molar-refractivity contribution is 5.93. The number of carbonyl (C=O) groups excluding carboxylic acids is 1. The molecule has 74 valence electrons. The van der Waals surface area contributed by atoms with Crippen molar-refractivity contribution in [3.05, 3.63) is 11.6 Å². The van der Waals surface area contributed by atoms with E-state index in [-0.39, 0.29) is 0 Å². The van der Waals surface area contributed by atoms with Gasteiger partial charge in [0, 0.05) is 5.92 Å². The van der Waals surface area contributed by atoms with E-state index in [4.69, 9.17) is 0 Å². The summed E-state index contributed by atoms with van der Waals surface area (Å²) in [4.78, 5) is 11.7. The Morgan fingerprint density at radius 2 is 2.00 bits per heavy atom. The van der Waals surface area contributed by atoms with Crippen LogP contribution >= 0.6 is 0 Å². The number of hydrogen-bond donors (Lipinski definition) is 0. The van der Waals surface area contributed by atoms with Crippen LogP contribution in [0.2, 0.25) is 0 Å². The minimum Gasteiger partial charge on any atom is -0.295 e. The van der Waals surface area contributed by atoms with E-state index >= 15 is 0 Å². The van der Waals surface area contributed by atoms with Crippen LogP contribution < -0.4 is 0 Å². The quantitative estimate of drug-likeness (QED) is 0.651. The maximum absolute atomic E-state index is 11.7. The van der Waals surface area contributed by atoms with Crippen LogP contribution in [0.15, 0.2) is 11.6 Å². The molecule has 0 amide bonds. The predicted octanol–water partition coefficient (Wildman–Crippen LogP) is 3.35. The van der Waals surface area contributed by atoms with Crippen LogP contribution in [0.3, 0.4) is 0 Å². The van der Waals surface area contributed by atoms with Crippen LogP contribution in [-0.4, -0.2) is 5.78 Å². The van der Waals surface area contributed by atoms with Gasteiger partial charge in [0.2, 0.25) is 0 Å². The first-order chi connectivity index (χ1) is 6.22. The summed E-state index contributed by atoms with van der Waals surface area (Å²) in [5.41, 5.74) is 1.35. The van der Waals surface area contributed by atoms with E-state index in [1.165, 1.54) is 5.57 Å². The maximum Gasteiger partial charge on any atom is 0.158 e. The lowest BCUT2D eigenvalue weighted by Gasteiger charge is -2.28. The molecule has 2 atom stereocenters. The third kappa shape index (κ3) is 2.20. The summed E-state index contributed by atoms with van der Waals surface area (Å²) in [5, 5.41) is 0. The highest BCUT2D eigenvalue weighted by atomic mass is 16.1. The van der Waals surface area contributed by atoms with E-state index in [1.54, 1.807) is 0 Å². The lowest BCUT2D eigenvalue weighted by atomic mass is 9.75. The molecule has 1 heteroatoms. The van der Waals surface area contributed by atoms with Gasteiger partial charge in [0.15, 0.2) is 5.78 Å². The Bertz CT molecular complexity index is 215. The zero-order chi connectivity index (χ0) is 9.84. The Morgan fingerprint density at radius 1 is 1.31 bits per heavy atom. The van der Waals surface area contributed by atoms with Crippen molar-refractivity contribution in [3.63, 3.8) is 0 Å². The molecular weight excluding hydrogens is 160 g/mol. The first-order valence-corrected chi connectivity index (χ1v) is 5.46. The fraction of sp³-hybridized carbons (Fsp3) is 0.750. The molecule has 0 radical (unpaired) electrons. The third-order valence-corrected chi connectivity index (χ3v) is 3.22. The molecule has 0 N–H and O–H groups in total. The maximum atomic E-state index is 11.7. The average molecular weight is 180 g/mol. The molecule has 0 saturated heterocycles. The van der Waals surface area contributed by atoms with Crippen molar-refractivity contribution in [2.45, 2.75) is 46.5 Å². The second-order valence-electron chi connectivity index (χ2n) is 3.95. The van der Waals surface area contributed by atoms with Gasteiger partial charge in [-0.1, -0.05) is 32.8 Å². The summed E-state index contributed by atoms with van der Waals surface area (Å²) >= 11 is 0. The minimum atomic E-state index is 0.306. The molecular formula is C12H20O. The SMILES string of the molecule is CCC1=CC(=O)C(CC)[C@@H](CC)C1. The fourth-order valence-electron chi connectivity index (χ4n) is 2.29. The Balaban J connectivity index is 2.79. The van der Waals surface area contributed by atoms with Gasteiger partial charge in [-0.25, -0.2) is 0 Å². The summed E-state index contributed by atoms with van der Waals surface area (Å²) in [6.45, 7) is 6.45. The van der Waals surface area contributed by atoms with Crippen molar-refractivity contribution in [2.75, 3.05) is 0 Å². The molecule has 1 nitrogen and oxygen atoms in total. The van der Waals surface area contributed by atoms with Crippen molar-refractivity contribution in [1.82, 2.24) is 0 Å². The first kappa shape index (κ1) is 10.5. The van der Waals surface area contributed by atoms with Crippen molar-refractivity contribution in [1.29, 1.82) is 0 Å². The molecule has 1 unspecified atom stereocenters. The largest absolute Gasteiger partial charge is 0.295 e. The molecule has 0 saturated carbocycles. The van der Waals surface area contributed by atoms with Crippen LogP contribution in [0, 0.1) is 11.8 Å². The second-order valence-corrected chi connectivity index (χ2v) is 3.95. The van der Waals surface area contributed by atoms with Crippen molar-refractivity contribution < 1.29 is 4.79 Å². The molecule has 0 bridgehead atoms. The zero-order valence-electron chi connectivity index (χ0n) is 8.97. The molecule has 0 aromatic heterocycles. The summed E-state index contributed by atoms with van der Waals surface area (Å²) in [7, 11) is 0. The van der Waals surface area contributed by atoms with Gasteiger partial charge in [-0.15, -0.1) is 0 Å². The summed E-state index contributed by atoms with van der Waals surface area (Å²) in [6, 6.07) is 0. The first-order valence-electron chi connectivity index (χ1n) is 5.46. The van der Waals surface area contributed by atoms with Gasteiger partial charge in [-0.3, -0.25) is 4.79 Å². The molecule has 0 aromatic carbocycles.